The van der Waals surface area contributed by atoms with E-state index in [4.69, 9.17) is 0 Å². The highest BCUT2D eigenvalue weighted by Crippen LogP contribution is 2.26. The minimum atomic E-state index is -0.287. The molecule has 1 atom stereocenters. The van der Waals surface area contributed by atoms with E-state index in [1.54, 1.807) is 0 Å². The van der Waals surface area contributed by atoms with Crippen molar-refractivity contribution in [1.29, 1.82) is 0 Å². The van der Waals surface area contributed by atoms with Crippen molar-refractivity contribution in [2.24, 2.45) is 0 Å². The number of carbonyl (C=O) groups excluding carboxylic acids is 2. The molecular formula is C18H23N3O2. The zero-order valence-corrected chi connectivity index (χ0v) is 13.3. The molecule has 0 bridgehead atoms. The standard InChI is InChI=1S/C18H23N3O2/c22-17-6-5-16(19-17)18(23)21-9-7-20(8-10-21)15-11-13-3-1-2-4-14(13)12-15/h1-4,15-16H,5-12H2,(H,19,22)/t16-/m0/s1. The summed E-state index contributed by atoms with van der Waals surface area (Å²) in [5.74, 6) is 0.107. The van der Waals surface area contributed by atoms with Crippen LogP contribution in [-0.2, 0) is 22.4 Å². The molecule has 2 amide bonds. The number of hydrogen-bond acceptors (Lipinski definition) is 3. The van der Waals surface area contributed by atoms with Gasteiger partial charge in [-0.3, -0.25) is 14.5 Å². The monoisotopic (exact) mass is 313 g/mol. The Hall–Kier alpha value is -1.88. The van der Waals surface area contributed by atoms with Gasteiger partial charge in [-0.15, -0.1) is 0 Å². The SMILES string of the molecule is O=C1CC[C@@H](C(=O)N2CCN(C3Cc4ccccc4C3)CC2)N1. The van der Waals surface area contributed by atoms with Crippen molar-refractivity contribution in [2.45, 2.75) is 37.8 Å². The minimum Gasteiger partial charge on any atom is -0.344 e. The number of piperazine rings is 1. The number of carbonyl (C=O) groups is 2. The lowest BCUT2D eigenvalue weighted by molar-refractivity contribution is -0.136. The van der Waals surface area contributed by atoms with Crippen LogP contribution in [0.15, 0.2) is 24.3 Å². The summed E-state index contributed by atoms with van der Waals surface area (Å²) in [5, 5.41) is 2.79. The summed E-state index contributed by atoms with van der Waals surface area (Å²) >= 11 is 0. The number of fused-ring (bicyclic) bond motifs is 1. The van der Waals surface area contributed by atoms with E-state index < -0.39 is 0 Å². The molecule has 1 N–H and O–H groups in total. The fourth-order valence-corrected chi connectivity index (χ4v) is 4.12. The molecule has 5 nitrogen and oxygen atoms in total. The lowest BCUT2D eigenvalue weighted by atomic mass is 10.1. The van der Waals surface area contributed by atoms with Crippen molar-refractivity contribution in [3.05, 3.63) is 35.4 Å². The van der Waals surface area contributed by atoms with Crippen LogP contribution in [0.5, 0.6) is 0 Å². The van der Waals surface area contributed by atoms with Gasteiger partial charge in [0, 0.05) is 38.6 Å². The Labute approximate surface area is 136 Å². The topological polar surface area (TPSA) is 52.7 Å². The molecule has 0 saturated carbocycles. The highest BCUT2D eigenvalue weighted by molar-refractivity contribution is 5.90. The Bertz CT molecular complexity index is 597. The summed E-state index contributed by atoms with van der Waals surface area (Å²) in [4.78, 5) is 28.2. The summed E-state index contributed by atoms with van der Waals surface area (Å²) in [7, 11) is 0. The summed E-state index contributed by atoms with van der Waals surface area (Å²) in [6, 6.07) is 9.00. The molecule has 0 unspecified atom stereocenters. The quantitative estimate of drug-likeness (QED) is 0.869. The molecule has 3 aliphatic rings. The van der Waals surface area contributed by atoms with Crippen LogP contribution in [0.3, 0.4) is 0 Å². The Morgan fingerprint density at radius 2 is 1.70 bits per heavy atom. The lowest BCUT2D eigenvalue weighted by Crippen LogP contribution is -2.55. The van der Waals surface area contributed by atoms with Crippen LogP contribution in [-0.4, -0.2) is 59.9 Å². The Kier molecular flexibility index (Phi) is 3.81. The Balaban J connectivity index is 1.32. The van der Waals surface area contributed by atoms with Crippen molar-refractivity contribution in [2.75, 3.05) is 26.2 Å². The van der Waals surface area contributed by atoms with Gasteiger partial charge in [0.1, 0.15) is 6.04 Å². The molecule has 122 valence electrons. The van der Waals surface area contributed by atoms with Crippen molar-refractivity contribution in [1.82, 2.24) is 15.1 Å². The molecule has 23 heavy (non-hydrogen) atoms. The van der Waals surface area contributed by atoms with Gasteiger partial charge in [0.2, 0.25) is 11.8 Å². The highest BCUT2D eigenvalue weighted by Gasteiger charge is 2.34. The van der Waals surface area contributed by atoms with Crippen LogP contribution in [0.2, 0.25) is 0 Å². The molecule has 1 aromatic rings. The second kappa shape index (κ2) is 5.96. The molecule has 0 spiro atoms. The van der Waals surface area contributed by atoms with Gasteiger partial charge in [-0.1, -0.05) is 24.3 Å². The summed E-state index contributed by atoms with van der Waals surface area (Å²) in [6.45, 7) is 3.42. The third-order valence-electron chi connectivity index (χ3n) is 5.47. The largest absolute Gasteiger partial charge is 0.344 e. The van der Waals surface area contributed by atoms with Gasteiger partial charge in [0.25, 0.3) is 0 Å². The van der Waals surface area contributed by atoms with Crippen LogP contribution in [0.25, 0.3) is 0 Å². The molecule has 2 heterocycles. The number of amides is 2. The predicted molar refractivity (Wildman–Crippen MR) is 87.0 cm³/mol. The minimum absolute atomic E-state index is 0.00528. The highest BCUT2D eigenvalue weighted by atomic mass is 16.2. The second-order valence-corrected chi connectivity index (χ2v) is 6.85. The van der Waals surface area contributed by atoms with E-state index in [2.05, 4.69) is 34.5 Å². The first-order valence-corrected chi connectivity index (χ1v) is 8.60. The molecule has 2 aliphatic heterocycles. The first-order valence-electron chi connectivity index (χ1n) is 8.60. The van der Waals surface area contributed by atoms with Crippen molar-refractivity contribution < 1.29 is 9.59 Å². The lowest BCUT2D eigenvalue weighted by Gasteiger charge is -2.38. The molecule has 2 fully saturated rings. The molecular weight excluding hydrogens is 290 g/mol. The molecule has 2 saturated heterocycles. The van der Waals surface area contributed by atoms with Crippen molar-refractivity contribution in [3.63, 3.8) is 0 Å². The van der Waals surface area contributed by atoms with Crippen molar-refractivity contribution in [3.8, 4) is 0 Å². The zero-order valence-electron chi connectivity index (χ0n) is 13.3. The van der Waals surface area contributed by atoms with Gasteiger partial charge < -0.3 is 10.2 Å². The maximum absolute atomic E-state index is 12.4. The van der Waals surface area contributed by atoms with E-state index in [0.29, 0.717) is 18.9 Å². The van der Waals surface area contributed by atoms with E-state index in [0.717, 1.165) is 39.0 Å². The average molecular weight is 313 g/mol. The Morgan fingerprint density at radius 3 is 2.26 bits per heavy atom. The summed E-state index contributed by atoms with van der Waals surface area (Å²) in [6.07, 6.45) is 3.39. The predicted octanol–water partition coefficient (Wildman–Crippen LogP) is 0.577. The van der Waals surface area contributed by atoms with E-state index in [1.807, 2.05) is 4.90 Å². The molecule has 4 rings (SSSR count). The first-order chi connectivity index (χ1) is 11.2. The van der Waals surface area contributed by atoms with Crippen LogP contribution in [0, 0.1) is 0 Å². The second-order valence-electron chi connectivity index (χ2n) is 6.85. The number of hydrogen-bond donors (Lipinski definition) is 1. The Morgan fingerprint density at radius 1 is 1.04 bits per heavy atom. The molecule has 0 radical (unpaired) electrons. The average Bonchev–Trinajstić information content (AvgIpc) is 3.20. The number of benzene rings is 1. The van der Waals surface area contributed by atoms with Crippen molar-refractivity contribution >= 4 is 11.8 Å². The van der Waals surface area contributed by atoms with E-state index in [-0.39, 0.29) is 17.9 Å². The summed E-state index contributed by atoms with van der Waals surface area (Å²) in [5.41, 5.74) is 2.95. The van der Waals surface area contributed by atoms with Gasteiger partial charge in [0.05, 0.1) is 0 Å². The van der Waals surface area contributed by atoms with E-state index in [1.165, 1.54) is 11.1 Å². The number of nitrogens with one attached hydrogen (secondary N) is 1. The zero-order chi connectivity index (χ0) is 15.8. The molecule has 0 aromatic heterocycles. The van der Waals surface area contributed by atoms with Crippen LogP contribution in [0.4, 0.5) is 0 Å². The maximum Gasteiger partial charge on any atom is 0.245 e. The van der Waals surface area contributed by atoms with Gasteiger partial charge in [0.15, 0.2) is 0 Å². The first kappa shape index (κ1) is 14.7. The molecule has 5 heteroatoms. The van der Waals surface area contributed by atoms with Crippen LogP contribution >= 0.6 is 0 Å². The molecule has 1 aliphatic carbocycles. The fraction of sp³-hybridized carbons (Fsp3) is 0.556. The normalized spacial score (nSPS) is 25.5. The third kappa shape index (κ3) is 2.85. The number of nitrogens with zero attached hydrogens (tertiary/aromatic N) is 2. The van der Waals surface area contributed by atoms with E-state index in [9.17, 15) is 9.59 Å². The third-order valence-corrected chi connectivity index (χ3v) is 5.47. The molecule has 1 aromatic carbocycles. The van der Waals surface area contributed by atoms with E-state index >= 15 is 0 Å². The van der Waals surface area contributed by atoms with Gasteiger partial charge in [-0.2, -0.15) is 0 Å². The van der Waals surface area contributed by atoms with Gasteiger partial charge >= 0.3 is 0 Å². The fourth-order valence-electron chi connectivity index (χ4n) is 4.12. The summed E-state index contributed by atoms with van der Waals surface area (Å²) < 4.78 is 0. The van der Waals surface area contributed by atoms with Gasteiger partial charge in [-0.05, 0) is 30.4 Å². The van der Waals surface area contributed by atoms with Crippen LogP contribution < -0.4 is 5.32 Å². The maximum atomic E-state index is 12.4. The number of rotatable bonds is 2. The smallest absolute Gasteiger partial charge is 0.245 e. The van der Waals surface area contributed by atoms with Crippen LogP contribution in [0.1, 0.15) is 24.0 Å². The van der Waals surface area contributed by atoms with Gasteiger partial charge in [-0.25, -0.2) is 0 Å².